The second-order valence-corrected chi connectivity index (χ2v) is 8.08. The first-order chi connectivity index (χ1) is 15.1. The van der Waals surface area contributed by atoms with Crippen molar-refractivity contribution in [1.82, 2.24) is 24.1 Å². The number of rotatable bonds is 7. The first-order valence-electron chi connectivity index (χ1n) is 10.7. The van der Waals surface area contributed by atoms with Crippen LogP contribution in [0.25, 0.3) is 5.69 Å². The Morgan fingerprint density at radius 3 is 2.42 bits per heavy atom. The van der Waals surface area contributed by atoms with Crippen LogP contribution in [0.4, 0.5) is 5.69 Å². The summed E-state index contributed by atoms with van der Waals surface area (Å²) in [7, 11) is 0. The van der Waals surface area contributed by atoms with Crippen molar-refractivity contribution in [3.8, 4) is 5.69 Å². The molecule has 0 atom stereocenters. The van der Waals surface area contributed by atoms with Crippen molar-refractivity contribution in [2.75, 3.05) is 38.0 Å². The van der Waals surface area contributed by atoms with E-state index in [9.17, 15) is 4.79 Å². The summed E-state index contributed by atoms with van der Waals surface area (Å²) in [5, 5.41) is 7.53. The molecule has 31 heavy (non-hydrogen) atoms. The molecule has 0 aliphatic carbocycles. The standard InChI is InChI=1S/C23H28N6OS/c1-2-19-8-6-7-11-21(19)25-22(30)16-26-12-14-27(15-13-26)18-29-23(31)28(17-24-29)20-9-4-3-5-10-20/h3-11,17H,2,12-16,18H2,1H3,(H,25,30). The van der Waals surface area contributed by atoms with Crippen molar-refractivity contribution in [3.63, 3.8) is 0 Å². The average Bonchev–Trinajstić information content (AvgIpc) is 3.16. The molecule has 1 aliphatic rings. The minimum Gasteiger partial charge on any atom is -0.325 e. The highest BCUT2D eigenvalue weighted by Gasteiger charge is 2.20. The SMILES string of the molecule is CCc1ccccc1NC(=O)CN1CCN(Cn2ncn(-c3ccccc3)c2=S)CC1. The molecule has 0 bridgehead atoms. The van der Waals surface area contributed by atoms with Gasteiger partial charge in [-0.25, -0.2) is 4.68 Å². The second-order valence-electron chi connectivity index (χ2n) is 7.71. The van der Waals surface area contributed by atoms with Crippen molar-refractivity contribution in [2.45, 2.75) is 20.0 Å². The van der Waals surface area contributed by atoms with E-state index in [1.807, 2.05) is 57.8 Å². The van der Waals surface area contributed by atoms with Gasteiger partial charge in [-0.1, -0.05) is 43.3 Å². The van der Waals surface area contributed by atoms with Crippen molar-refractivity contribution >= 4 is 23.8 Å². The number of nitrogens with one attached hydrogen (secondary N) is 1. The van der Waals surface area contributed by atoms with E-state index >= 15 is 0 Å². The number of para-hydroxylation sites is 2. The van der Waals surface area contributed by atoms with Gasteiger partial charge < -0.3 is 5.32 Å². The Balaban J connectivity index is 1.28. The average molecular weight is 437 g/mol. The lowest BCUT2D eigenvalue weighted by Gasteiger charge is -2.34. The Labute approximate surface area is 187 Å². The van der Waals surface area contributed by atoms with Gasteiger partial charge in [-0.15, -0.1) is 0 Å². The number of nitrogens with zero attached hydrogens (tertiary/aromatic N) is 5. The lowest BCUT2D eigenvalue weighted by Crippen LogP contribution is -2.49. The molecule has 1 amide bonds. The first kappa shape index (κ1) is 21.4. The normalized spacial score (nSPS) is 15.1. The number of carbonyl (C=O) groups is 1. The Kier molecular flexibility index (Phi) is 6.91. The summed E-state index contributed by atoms with van der Waals surface area (Å²) in [6.45, 7) is 6.60. The minimum atomic E-state index is 0.0400. The molecule has 0 spiro atoms. The second kappa shape index (κ2) is 10.00. The van der Waals surface area contributed by atoms with Gasteiger partial charge in [0.05, 0.1) is 13.2 Å². The van der Waals surface area contributed by atoms with Gasteiger partial charge in [-0.2, -0.15) is 5.10 Å². The summed E-state index contributed by atoms with van der Waals surface area (Å²) in [5.74, 6) is 0.0400. The monoisotopic (exact) mass is 436 g/mol. The van der Waals surface area contributed by atoms with Gasteiger partial charge in [0, 0.05) is 37.6 Å². The molecule has 0 radical (unpaired) electrons. The van der Waals surface area contributed by atoms with Crippen molar-refractivity contribution in [3.05, 3.63) is 71.3 Å². The maximum atomic E-state index is 12.5. The lowest BCUT2D eigenvalue weighted by atomic mass is 10.1. The fourth-order valence-corrected chi connectivity index (χ4v) is 4.08. The summed E-state index contributed by atoms with van der Waals surface area (Å²) in [4.78, 5) is 17.0. The summed E-state index contributed by atoms with van der Waals surface area (Å²) in [5.41, 5.74) is 3.09. The van der Waals surface area contributed by atoms with Crippen LogP contribution in [0.15, 0.2) is 60.9 Å². The highest BCUT2D eigenvalue weighted by atomic mass is 32.1. The maximum absolute atomic E-state index is 12.5. The maximum Gasteiger partial charge on any atom is 0.238 e. The van der Waals surface area contributed by atoms with Gasteiger partial charge in [0.15, 0.2) is 0 Å². The van der Waals surface area contributed by atoms with Crippen LogP contribution in [-0.4, -0.2) is 62.8 Å². The minimum absolute atomic E-state index is 0.0400. The Hall–Kier alpha value is -2.81. The quantitative estimate of drug-likeness (QED) is 0.577. The van der Waals surface area contributed by atoms with Crippen LogP contribution in [0.5, 0.6) is 0 Å². The first-order valence-corrected chi connectivity index (χ1v) is 11.1. The van der Waals surface area contributed by atoms with Crippen molar-refractivity contribution in [1.29, 1.82) is 0 Å². The van der Waals surface area contributed by atoms with Crippen LogP contribution in [0, 0.1) is 4.77 Å². The molecule has 3 aromatic rings. The van der Waals surface area contributed by atoms with Crippen LogP contribution in [0.2, 0.25) is 0 Å². The number of benzene rings is 2. The molecule has 162 valence electrons. The molecule has 1 fully saturated rings. The number of carbonyl (C=O) groups excluding carboxylic acids is 1. The highest BCUT2D eigenvalue weighted by molar-refractivity contribution is 7.71. The summed E-state index contributed by atoms with van der Waals surface area (Å²) < 4.78 is 4.46. The summed E-state index contributed by atoms with van der Waals surface area (Å²) >= 11 is 5.61. The Morgan fingerprint density at radius 1 is 1.00 bits per heavy atom. The Morgan fingerprint density at radius 2 is 1.68 bits per heavy atom. The van der Waals surface area contributed by atoms with Gasteiger partial charge in [0.25, 0.3) is 0 Å². The van der Waals surface area contributed by atoms with Gasteiger partial charge in [0.2, 0.25) is 10.7 Å². The molecule has 1 aromatic heterocycles. The number of hydrogen-bond donors (Lipinski definition) is 1. The number of piperazine rings is 1. The van der Waals surface area contributed by atoms with E-state index in [0.717, 1.165) is 49.5 Å². The Bertz CT molecular complexity index is 1070. The molecular weight excluding hydrogens is 408 g/mol. The molecule has 7 nitrogen and oxygen atoms in total. The van der Waals surface area contributed by atoms with Gasteiger partial charge >= 0.3 is 0 Å². The van der Waals surface area contributed by atoms with E-state index in [-0.39, 0.29) is 5.91 Å². The predicted molar refractivity (Wildman–Crippen MR) is 125 cm³/mol. The van der Waals surface area contributed by atoms with Crippen LogP contribution in [0.1, 0.15) is 12.5 Å². The highest BCUT2D eigenvalue weighted by Crippen LogP contribution is 2.15. The number of aryl methyl sites for hydroxylation is 1. The number of hydrogen-bond acceptors (Lipinski definition) is 5. The van der Waals surface area contributed by atoms with E-state index in [0.29, 0.717) is 18.0 Å². The third-order valence-electron chi connectivity index (χ3n) is 5.61. The van der Waals surface area contributed by atoms with E-state index in [4.69, 9.17) is 12.2 Å². The van der Waals surface area contributed by atoms with Gasteiger partial charge in [-0.3, -0.25) is 19.2 Å². The zero-order valence-corrected chi connectivity index (χ0v) is 18.6. The fraction of sp³-hybridized carbons (Fsp3) is 0.348. The zero-order valence-electron chi connectivity index (χ0n) is 17.8. The molecule has 4 rings (SSSR count). The van der Waals surface area contributed by atoms with E-state index < -0.39 is 0 Å². The number of aromatic nitrogens is 3. The predicted octanol–water partition coefficient (Wildman–Crippen LogP) is 3.18. The van der Waals surface area contributed by atoms with Crippen molar-refractivity contribution < 1.29 is 4.79 Å². The van der Waals surface area contributed by atoms with Crippen LogP contribution >= 0.6 is 12.2 Å². The summed E-state index contributed by atoms with van der Waals surface area (Å²) in [6, 6.07) is 18.0. The fourth-order valence-electron chi connectivity index (χ4n) is 3.82. The van der Waals surface area contributed by atoms with Gasteiger partial charge in [0.1, 0.15) is 6.33 Å². The molecule has 1 N–H and O–H groups in total. The molecular formula is C23H28N6OS. The molecule has 1 aliphatic heterocycles. The van der Waals surface area contributed by atoms with E-state index in [2.05, 4.69) is 33.2 Å². The van der Waals surface area contributed by atoms with Crippen molar-refractivity contribution in [2.24, 2.45) is 0 Å². The molecule has 0 saturated carbocycles. The van der Waals surface area contributed by atoms with E-state index in [1.165, 1.54) is 0 Å². The zero-order chi connectivity index (χ0) is 21.6. The van der Waals surface area contributed by atoms with Gasteiger partial charge in [-0.05, 0) is 42.4 Å². The summed E-state index contributed by atoms with van der Waals surface area (Å²) in [6.07, 6.45) is 2.67. The van der Waals surface area contributed by atoms with Crippen LogP contribution in [0.3, 0.4) is 0 Å². The van der Waals surface area contributed by atoms with Crippen LogP contribution in [-0.2, 0) is 17.9 Å². The number of amides is 1. The molecule has 8 heteroatoms. The molecule has 0 unspecified atom stereocenters. The molecule has 1 saturated heterocycles. The number of anilines is 1. The molecule has 2 heterocycles. The largest absolute Gasteiger partial charge is 0.325 e. The third-order valence-corrected chi connectivity index (χ3v) is 6.01. The van der Waals surface area contributed by atoms with E-state index in [1.54, 1.807) is 6.33 Å². The molecule has 2 aromatic carbocycles. The van der Waals surface area contributed by atoms with Crippen LogP contribution < -0.4 is 5.32 Å². The third kappa shape index (κ3) is 5.28. The smallest absolute Gasteiger partial charge is 0.238 e. The lowest BCUT2D eigenvalue weighted by molar-refractivity contribution is -0.117. The topological polar surface area (TPSA) is 58.3 Å².